The summed E-state index contributed by atoms with van der Waals surface area (Å²) in [6.07, 6.45) is 7.75. The van der Waals surface area contributed by atoms with Crippen molar-refractivity contribution in [1.82, 2.24) is 20.1 Å². The SMILES string of the molecule is C=CCn1c(S[C@@H](C)C(=O)NC(N)=O)nnc1C1CCCCC1. The van der Waals surface area contributed by atoms with Gasteiger partial charge in [0, 0.05) is 12.5 Å². The van der Waals surface area contributed by atoms with Crippen molar-refractivity contribution >= 4 is 23.7 Å². The van der Waals surface area contributed by atoms with Crippen LogP contribution in [0.3, 0.4) is 0 Å². The summed E-state index contributed by atoms with van der Waals surface area (Å²) in [6.45, 7) is 6.10. The maximum Gasteiger partial charge on any atom is 0.318 e. The van der Waals surface area contributed by atoms with E-state index in [2.05, 4.69) is 22.1 Å². The van der Waals surface area contributed by atoms with Crippen molar-refractivity contribution in [1.29, 1.82) is 0 Å². The molecule has 1 aliphatic rings. The smallest absolute Gasteiger partial charge is 0.318 e. The second-order valence-electron chi connectivity index (χ2n) is 5.69. The summed E-state index contributed by atoms with van der Waals surface area (Å²) in [7, 11) is 0. The molecule has 1 aliphatic carbocycles. The maximum absolute atomic E-state index is 11.8. The van der Waals surface area contributed by atoms with Gasteiger partial charge in [0.05, 0.1) is 5.25 Å². The molecule has 1 fully saturated rings. The van der Waals surface area contributed by atoms with Gasteiger partial charge in [-0.2, -0.15) is 0 Å². The summed E-state index contributed by atoms with van der Waals surface area (Å²) in [4.78, 5) is 22.6. The summed E-state index contributed by atoms with van der Waals surface area (Å²) in [5.74, 6) is 0.949. The highest BCUT2D eigenvalue weighted by molar-refractivity contribution is 8.00. The average Bonchev–Trinajstić information content (AvgIpc) is 2.90. The molecule has 1 heterocycles. The molecule has 0 aliphatic heterocycles. The number of nitrogens with two attached hydrogens (primary N) is 1. The summed E-state index contributed by atoms with van der Waals surface area (Å²) < 4.78 is 2.02. The predicted molar refractivity (Wildman–Crippen MR) is 89.1 cm³/mol. The van der Waals surface area contributed by atoms with Gasteiger partial charge in [0.15, 0.2) is 5.16 Å². The lowest BCUT2D eigenvalue weighted by molar-refractivity contribution is -0.119. The number of aromatic nitrogens is 3. The molecule has 0 unspecified atom stereocenters. The molecule has 7 nitrogen and oxygen atoms in total. The van der Waals surface area contributed by atoms with Gasteiger partial charge in [0.2, 0.25) is 5.91 Å². The Kier molecular flexibility index (Phi) is 6.20. The van der Waals surface area contributed by atoms with Crippen LogP contribution in [0, 0.1) is 0 Å². The Bertz CT molecular complexity index is 580. The van der Waals surface area contributed by atoms with Gasteiger partial charge in [-0.05, 0) is 19.8 Å². The maximum atomic E-state index is 11.8. The molecule has 23 heavy (non-hydrogen) atoms. The van der Waals surface area contributed by atoms with Crippen LogP contribution >= 0.6 is 11.8 Å². The number of urea groups is 1. The van der Waals surface area contributed by atoms with Crippen molar-refractivity contribution in [3.8, 4) is 0 Å². The van der Waals surface area contributed by atoms with Crippen molar-refractivity contribution in [2.45, 2.75) is 61.9 Å². The molecule has 3 amide bonds. The van der Waals surface area contributed by atoms with Gasteiger partial charge in [-0.1, -0.05) is 37.1 Å². The number of amides is 3. The van der Waals surface area contributed by atoms with E-state index in [9.17, 15) is 9.59 Å². The van der Waals surface area contributed by atoms with Gasteiger partial charge in [0.25, 0.3) is 0 Å². The first kappa shape index (κ1) is 17.5. The molecular weight excluding hydrogens is 314 g/mol. The Morgan fingerprint density at radius 2 is 2.13 bits per heavy atom. The largest absolute Gasteiger partial charge is 0.351 e. The zero-order valence-corrected chi connectivity index (χ0v) is 14.1. The number of nitrogens with one attached hydrogen (secondary N) is 1. The van der Waals surface area contributed by atoms with Crippen LogP contribution in [-0.4, -0.2) is 32.0 Å². The fraction of sp³-hybridized carbons (Fsp3) is 0.600. The monoisotopic (exact) mass is 337 g/mol. The first-order chi connectivity index (χ1) is 11.0. The second kappa shape index (κ2) is 8.14. The second-order valence-corrected chi connectivity index (χ2v) is 7.00. The topological polar surface area (TPSA) is 103 Å². The molecule has 3 N–H and O–H groups in total. The van der Waals surface area contributed by atoms with E-state index in [0.717, 1.165) is 18.7 Å². The quantitative estimate of drug-likeness (QED) is 0.612. The van der Waals surface area contributed by atoms with Crippen LogP contribution in [-0.2, 0) is 11.3 Å². The van der Waals surface area contributed by atoms with Crippen molar-refractivity contribution in [2.24, 2.45) is 5.73 Å². The highest BCUT2D eigenvalue weighted by Crippen LogP contribution is 2.33. The highest BCUT2D eigenvalue weighted by atomic mass is 32.2. The van der Waals surface area contributed by atoms with Crippen LogP contribution in [0.1, 0.15) is 50.8 Å². The average molecular weight is 337 g/mol. The van der Waals surface area contributed by atoms with Gasteiger partial charge >= 0.3 is 6.03 Å². The molecule has 0 bridgehead atoms. The van der Waals surface area contributed by atoms with E-state index in [-0.39, 0.29) is 0 Å². The molecule has 0 aromatic carbocycles. The van der Waals surface area contributed by atoms with E-state index in [4.69, 9.17) is 5.73 Å². The molecule has 8 heteroatoms. The Hall–Kier alpha value is -1.83. The number of imide groups is 1. The zero-order valence-electron chi connectivity index (χ0n) is 13.3. The fourth-order valence-electron chi connectivity index (χ4n) is 2.79. The van der Waals surface area contributed by atoms with E-state index in [1.807, 2.05) is 4.57 Å². The Morgan fingerprint density at radius 3 is 2.74 bits per heavy atom. The third-order valence-electron chi connectivity index (χ3n) is 3.93. The van der Waals surface area contributed by atoms with Gasteiger partial charge in [-0.25, -0.2) is 4.79 Å². The fourth-order valence-corrected chi connectivity index (χ4v) is 3.65. The molecule has 1 aromatic rings. The number of hydrogen-bond acceptors (Lipinski definition) is 5. The Balaban J connectivity index is 2.14. The number of thioether (sulfide) groups is 1. The zero-order chi connectivity index (χ0) is 16.8. The Labute approximate surface area is 140 Å². The number of hydrogen-bond donors (Lipinski definition) is 2. The highest BCUT2D eigenvalue weighted by Gasteiger charge is 2.25. The number of allylic oxidation sites excluding steroid dienone is 1. The number of carbonyl (C=O) groups is 2. The number of rotatable bonds is 6. The molecule has 1 atom stereocenters. The lowest BCUT2D eigenvalue weighted by Crippen LogP contribution is -2.39. The third-order valence-corrected chi connectivity index (χ3v) is 5.01. The summed E-state index contributed by atoms with van der Waals surface area (Å²) >= 11 is 1.27. The molecular formula is C15H23N5O2S. The minimum absolute atomic E-state index is 0.417. The molecule has 1 saturated carbocycles. The summed E-state index contributed by atoms with van der Waals surface area (Å²) in [5, 5.41) is 10.9. The van der Waals surface area contributed by atoms with Crippen LogP contribution in [0.5, 0.6) is 0 Å². The minimum Gasteiger partial charge on any atom is -0.351 e. The van der Waals surface area contributed by atoms with Crippen molar-refractivity contribution in [3.05, 3.63) is 18.5 Å². The van der Waals surface area contributed by atoms with Crippen LogP contribution in [0.4, 0.5) is 4.79 Å². The molecule has 2 rings (SSSR count). The Morgan fingerprint density at radius 1 is 1.43 bits per heavy atom. The van der Waals surface area contributed by atoms with Crippen LogP contribution in [0.15, 0.2) is 17.8 Å². The van der Waals surface area contributed by atoms with Gasteiger partial charge in [-0.15, -0.1) is 16.8 Å². The predicted octanol–water partition coefficient (Wildman–Crippen LogP) is 2.19. The van der Waals surface area contributed by atoms with Crippen molar-refractivity contribution in [3.63, 3.8) is 0 Å². The molecule has 126 valence electrons. The molecule has 1 aromatic heterocycles. The summed E-state index contributed by atoms with van der Waals surface area (Å²) in [6, 6.07) is -0.849. The van der Waals surface area contributed by atoms with Crippen LogP contribution in [0.2, 0.25) is 0 Å². The van der Waals surface area contributed by atoms with E-state index >= 15 is 0 Å². The van der Waals surface area contributed by atoms with Gasteiger partial charge in [0.1, 0.15) is 5.82 Å². The van der Waals surface area contributed by atoms with Crippen LogP contribution in [0.25, 0.3) is 0 Å². The lowest BCUT2D eigenvalue weighted by atomic mass is 9.89. The van der Waals surface area contributed by atoms with E-state index < -0.39 is 17.2 Å². The molecule has 0 spiro atoms. The van der Waals surface area contributed by atoms with Gasteiger partial charge in [-0.3, -0.25) is 10.1 Å². The summed E-state index contributed by atoms with van der Waals surface area (Å²) in [5.41, 5.74) is 4.98. The van der Waals surface area contributed by atoms with E-state index in [0.29, 0.717) is 17.6 Å². The molecule has 0 saturated heterocycles. The first-order valence-corrected chi connectivity index (χ1v) is 8.71. The van der Waals surface area contributed by atoms with Crippen molar-refractivity contribution < 1.29 is 9.59 Å². The number of carbonyl (C=O) groups excluding carboxylic acids is 2. The van der Waals surface area contributed by atoms with Gasteiger partial charge < -0.3 is 10.3 Å². The van der Waals surface area contributed by atoms with E-state index in [1.54, 1.807) is 13.0 Å². The molecule has 0 radical (unpaired) electrons. The standard InChI is InChI=1S/C15H23N5O2S/c1-3-9-20-12(11-7-5-4-6-8-11)18-19-15(20)23-10(2)13(21)17-14(16)22/h3,10-11H,1,4-9H2,2H3,(H3,16,17,21,22)/t10-/m0/s1. The normalized spacial score (nSPS) is 16.7. The van der Waals surface area contributed by atoms with Crippen molar-refractivity contribution in [2.75, 3.05) is 0 Å². The third kappa shape index (κ3) is 4.57. The van der Waals surface area contributed by atoms with E-state index in [1.165, 1.54) is 31.0 Å². The number of nitrogens with zero attached hydrogens (tertiary/aromatic N) is 3. The minimum atomic E-state index is -0.849. The number of primary amides is 1. The first-order valence-electron chi connectivity index (χ1n) is 7.84. The van der Waals surface area contributed by atoms with Crippen LogP contribution < -0.4 is 11.1 Å². The lowest BCUT2D eigenvalue weighted by Gasteiger charge is -2.21.